The number of ether oxygens (including phenoxy) is 2. The van der Waals surface area contributed by atoms with Gasteiger partial charge in [-0.1, -0.05) is 189 Å². The molecule has 4 N–H and O–H groups in total. The summed E-state index contributed by atoms with van der Waals surface area (Å²) in [6.45, 7) is 3.42. The van der Waals surface area contributed by atoms with Crippen molar-refractivity contribution in [3.05, 3.63) is 85.1 Å². The summed E-state index contributed by atoms with van der Waals surface area (Å²) in [7, 11) is -4.42. The van der Waals surface area contributed by atoms with Gasteiger partial charge in [-0.2, -0.15) is 0 Å². The van der Waals surface area contributed by atoms with Crippen molar-refractivity contribution in [3.8, 4) is 0 Å². The fourth-order valence-electron chi connectivity index (χ4n) is 6.27. The van der Waals surface area contributed by atoms with E-state index in [4.69, 9.17) is 24.3 Å². The maximum absolute atomic E-state index is 12.6. The van der Waals surface area contributed by atoms with Crippen LogP contribution in [-0.4, -0.2) is 60.5 Å². The van der Waals surface area contributed by atoms with Crippen LogP contribution in [0.2, 0.25) is 0 Å². The molecule has 0 aromatic rings. The number of aliphatic hydroxyl groups excluding tert-OH is 1. The second-order valence-corrected chi connectivity index (χ2v) is 17.2. The summed E-state index contributed by atoms with van der Waals surface area (Å²) in [6.07, 6.45) is 55.3. The van der Waals surface area contributed by atoms with Gasteiger partial charge in [0.2, 0.25) is 0 Å². The van der Waals surface area contributed by atoms with Gasteiger partial charge >= 0.3 is 19.8 Å². The highest BCUT2D eigenvalue weighted by Gasteiger charge is 2.25. The molecule has 10 nitrogen and oxygen atoms in total. The molecule has 0 radical (unpaired) electrons. The summed E-state index contributed by atoms with van der Waals surface area (Å²) in [5, 5.41) is 9.85. The molecule has 0 amide bonds. The van der Waals surface area contributed by atoms with E-state index in [0.29, 0.717) is 19.3 Å². The number of carbonyl (C=O) groups is 2. The number of phosphoric ester groups is 1. The van der Waals surface area contributed by atoms with Crippen LogP contribution in [-0.2, 0) is 32.7 Å². The number of hydrogen-bond acceptors (Lipinski definition) is 9. The van der Waals surface area contributed by atoms with E-state index in [9.17, 15) is 24.2 Å². The molecule has 0 fully saturated rings. The van der Waals surface area contributed by atoms with Crippen molar-refractivity contribution < 1.29 is 42.7 Å². The average Bonchev–Trinajstić information content (AvgIpc) is 3.25. The lowest BCUT2D eigenvalue weighted by Crippen LogP contribution is -2.29. The van der Waals surface area contributed by atoms with E-state index < -0.39 is 38.6 Å². The highest BCUT2D eigenvalue weighted by atomic mass is 31.2. The normalized spacial score (nSPS) is 14.5. The van der Waals surface area contributed by atoms with Gasteiger partial charge in [0.25, 0.3) is 0 Å². The number of rotatable bonds is 44. The van der Waals surface area contributed by atoms with Crippen molar-refractivity contribution >= 4 is 19.8 Å². The first-order valence-electron chi connectivity index (χ1n) is 24.2. The predicted octanol–water partition coefficient (Wildman–Crippen LogP) is 13.4. The summed E-state index contributed by atoms with van der Waals surface area (Å²) in [5.41, 5.74) is 5.35. The third-order valence-corrected chi connectivity index (χ3v) is 10.8. The molecule has 0 aromatic heterocycles. The van der Waals surface area contributed by atoms with E-state index in [1.807, 2.05) is 42.5 Å². The van der Waals surface area contributed by atoms with E-state index >= 15 is 0 Å². The molecule has 0 heterocycles. The Kier molecular flexibility index (Phi) is 44.0. The molecule has 356 valence electrons. The molecule has 0 saturated heterocycles. The van der Waals surface area contributed by atoms with Crippen LogP contribution in [0, 0.1) is 0 Å². The number of unbranched alkanes of at least 4 members (excludes halogenated alkanes) is 17. The van der Waals surface area contributed by atoms with E-state index in [1.54, 1.807) is 6.08 Å². The van der Waals surface area contributed by atoms with Crippen LogP contribution in [0.15, 0.2) is 85.1 Å². The summed E-state index contributed by atoms with van der Waals surface area (Å²) >= 11 is 0. The van der Waals surface area contributed by atoms with Crippen molar-refractivity contribution in [1.82, 2.24) is 0 Å². The van der Waals surface area contributed by atoms with Crippen LogP contribution in [0.5, 0.6) is 0 Å². The van der Waals surface area contributed by atoms with Gasteiger partial charge in [-0.05, 0) is 70.6 Å². The second-order valence-electron chi connectivity index (χ2n) is 15.8. The topological polar surface area (TPSA) is 155 Å². The van der Waals surface area contributed by atoms with Crippen LogP contribution < -0.4 is 5.73 Å². The summed E-state index contributed by atoms with van der Waals surface area (Å²) in [4.78, 5) is 35.0. The second kappa shape index (κ2) is 46.2. The van der Waals surface area contributed by atoms with Crippen molar-refractivity contribution in [1.29, 1.82) is 0 Å². The lowest BCUT2D eigenvalue weighted by Gasteiger charge is -2.19. The number of aliphatic hydroxyl groups is 1. The molecule has 0 saturated carbocycles. The summed E-state index contributed by atoms with van der Waals surface area (Å²) in [6, 6.07) is 0. The van der Waals surface area contributed by atoms with E-state index in [1.165, 1.54) is 96.3 Å². The van der Waals surface area contributed by atoms with Crippen LogP contribution in [0.1, 0.15) is 187 Å². The number of carbonyl (C=O) groups excluding carboxylic acids is 2. The van der Waals surface area contributed by atoms with Crippen molar-refractivity contribution in [2.24, 2.45) is 5.73 Å². The third kappa shape index (κ3) is 45.2. The highest BCUT2D eigenvalue weighted by Crippen LogP contribution is 2.43. The standard InChI is InChI=1S/C51H88NO9P/c1-3-5-7-8-9-10-11-12-13-14-15-16-17-18-19-22-25-28-31-34-38-42-50(54)58-46-49(47-60-62(56,57)59-45-44-52)61-51(55)43-39-35-32-29-26-23-20-21-24-27-30-33-37-41-48(53)40-36-6-4-2/h6,12-13,21,23-24,26,30,32-33,35-37,41,48-49,53H,3-5,7-11,14-20,22,25,27-29,31,34,38-40,42-47,52H2,1-2H3,(H,56,57)/b13-12-,24-21-,26-23-,33-30+,35-32-,36-6-,41-37+/t48?,49-/m1/s1. The third-order valence-electron chi connectivity index (χ3n) is 9.86. The van der Waals surface area contributed by atoms with E-state index in [-0.39, 0.29) is 32.6 Å². The Balaban J connectivity index is 4.23. The minimum atomic E-state index is -4.42. The van der Waals surface area contributed by atoms with Gasteiger partial charge < -0.3 is 25.2 Å². The minimum absolute atomic E-state index is 0.0316. The molecule has 0 spiro atoms. The zero-order valence-electron chi connectivity index (χ0n) is 38.9. The first kappa shape index (κ1) is 59.1. The quantitative estimate of drug-likeness (QED) is 0.0177. The number of allylic oxidation sites excluding steroid dienone is 12. The van der Waals surface area contributed by atoms with Gasteiger partial charge in [0.1, 0.15) is 6.61 Å². The van der Waals surface area contributed by atoms with Gasteiger partial charge in [-0.15, -0.1) is 0 Å². The predicted molar refractivity (Wildman–Crippen MR) is 258 cm³/mol. The zero-order chi connectivity index (χ0) is 45.5. The molecule has 0 aliphatic carbocycles. The number of phosphoric acid groups is 1. The molecule has 0 aliphatic heterocycles. The minimum Gasteiger partial charge on any atom is -0.462 e. The first-order valence-corrected chi connectivity index (χ1v) is 25.7. The van der Waals surface area contributed by atoms with E-state index in [2.05, 4.69) is 50.3 Å². The monoisotopic (exact) mass is 890 g/mol. The van der Waals surface area contributed by atoms with Crippen LogP contribution in [0.4, 0.5) is 0 Å². The largest absolute Gasteiger partial charge is 0.472 e. The molecule has 0 aliphatic rings. The summed E-state index contributed by atoms with van der Waals surface area (Å²) in [5.74, 6) is -0.951. The smallest absolute Gasteiger partial charge is 0.462 e. The van der Waals surface area contributed by atoms with Gasteiger partial charge in [-0.3, -0.25) is 18.6 Å². The number of esters is 2. The Morgan fingerprint density at radius 1 is 0.581 bits per heavy atom. The van der Waals surface area contributed by atoms with E-state index in [0.717, 1.165) is 44.9 Å². The van der Waals surface area contributed by atoms with Crippen LogP contribution >= 0.6 is 7.82 Å². The fourth-order valence-corrected chi connectivity index (χ4v) is 7.03. The van der Waals surface area contributed by atoms with Crippen molar-refractivity contribution in [3.63, 3.8) is 0 Å². The Morgan fingerprint density at radius 2 is 1.11 bits per heavy atom. The Labute approximate surface area is 377 Å². The Hall–Kier alpha value is -2.85. The fraction of sp³-hybridized carbons (Fsp3) is 0.686. The molecule has 0 bridgehead atoms. The lowest BCUT2D eigenvalue weighted by atomic mass is 10.0. The summed E-state index contributed by atoms with van der Waals surface area (Å²) < 4.78 is 32.8. The zero-order valence-corrected chi connectivity index (χ0v) is 39.8. The van der Waals surface area contributed by atoms with Gasteiger partial charge in [-0.25, -0.2) is 4.57 Å². The SMILES string of the molecule is CC/C=C\CC(O)/C=C/C=C/C/C=C\C/C=C\C/C=C\CCC(=O)O[C@H](COC(=O)CCCCCCCCCCCCC/C=C\CCCCCCCC)COP(=O)(O)OCCN. The maximum Gasteiger partial charge on any atom is 0.472 e. The lowest BCUT2D eigenvalue weighted by molar-refractivity contribution is -0.161. The molecule has 3 atom stereocenters. The Bertz CT molecular complexity index is 1310. The molecule has 0 aromatic carbocycles. The van der Waals surface area contributed by atoms with Crippen LogP contribution in [0.25, 0.3) is 0 Å². The van der Waals surface area contributed by atoms with Crippen molar-refractivity contribution in [2.75, 3.05) is 26.4 Å². The van der Waals surface area contributed by atoms with Crippen molar-refractivity contribution in [2.45, 2.75) is 199 Å². The maximum atomic E-state index is 12.6. The Morgan fingerprint density at radius 3 is 1.69 bits per heavy atom. The molecule has 0 rings (SSSR count). The number of nitrogens with two attached hydrogens (primary N) is 1. The van der Waals surface area contributed by atoms with Gasteiger partial charge in [0, 0.05) is 19.4 Å². The molecule has 2 unspecified atom stereocenters. The average molecular weight is 890 g/mol. The molecule has 11 heteroatoms. The molecule has 62 heavy (non-hydrogen) atoms. The molecular weight excluding hydrogens is 802 g/mol. The van der Waals surface area contributed by atoms with Gasteiger partial charge in [0.15, 0.2) is 6.10 Å². The molecular formula is C51H88NO9P. The highest BCUT2D eigenvalue weighted by molar-refractivity contribution is 7.47. The first-order chi connectivity index (χ1) is 30.2. The van der Waals surface area contributed by atoms with Crippen LogP contribution in [0.3, 0.4) is 0 Å². The van der Waals surface area contributed by atoms with Gasteiger partial charge in [0.05, 0.1) is 19.3 Å². The number of hydrogen-bond donors (Lipinski definition) is 3.